The van der Waals surface area contributed by atoms with Crippen LogP contribution in [-0.4, -0.2) is 42.3 Å². The first kappa shape index (κ1) is 12.7. The average molecular weight is 240 g/mol. The maximum atomic E-state index is 12.1. The molecule has 4 heteroatoms. The molecular formula is C13H24N2O2. The third-order valence-corrected chi connectivity index (χ3v) is 3.64. The van der Waals surface area contributed by atoms with Gasteiger partial charge in [0, 0.05) is 19.1 Å². The Hall–Kier alpha value is -0.770. The summed E-state index contributed by atoms with van der Waals surface area (Å²) in [5.41, 5.74) is 0. The zero-order valence-electron chi connectivity index (χ0n) is 10.9. The Balaban J connectivity index is 1.81. The summed E-state index contributed by atoms with van der Waals surface area (Å²) in [5, 5.41) is 3.16. The fraction of sp³-hybridized carbons (Fsp3) is 0.923. The smallest absolute Gasteiger partial charge is 0.317 e. The summed E-state index contributed by atoms with van der Waals surface area (Å²) in [5.74, 6) is 0. The molecule has 1 aliphatic heterocycles. The lowest BCUT2D eigenvalue weighted by atomic mass is 9.96. The fourth-order valence-corrected chi connectivity index (χ4v) is 2.86. The molecule has 0 radical (unpaired) electrons. The number of rotatable bonds is 1. The second-order valence-corrected chi connectivity index (χ2v) is 5.45. The van der Waals surface area contributed by atoms with Gasteiger partial charge in [0.15, 0.2) is 0 Å². The number of carbonyl (C=O) groups excluding carboxylic acids is 1. The van der Waals surface area contributed by atoms with E-state index in [4.69, 9.17) is 4.74 Å². The van der Waals surface area contributed by atoms with Gasteiger partial charge in [-0.2, -0.15) is 0 Å². The van der Waals surface area contributed by atoms with Crippen molar-refractivity contribution in [3.8, 4) is 0 Å². The Bertz CT molecular complexity index is 254. The number of hydrogen-bond donors (Lipinski definition) is 1. The molecule has 2 amide bonds. The molecule has 0 aromatic carbocycles. The van der Waals surface area contributed by atoms with Crippen molar-refractivity contribution in [3.05, 3.63) is 0 Å². The van der Waals surface area contributed by atoms with E-state index in [1.807, 2.05) is 18.7 Å². The minimum atomic E-state index is 0.0962. The van der Waals surface area contributed by atoms with Gasteiger partial charge in [-0.3, -0.25) is 0 Å². The van der Waals surface area contributed by atoms with Crippen LogP contribution in [0.2, 0.25) is 0 Å². The quantitative estimate of drug-likeness (QED) is 0.763. The monoisotopic (exact) mass is 240 g/mol. The van der Waals surface area contributed by atoms with E-state index in [-0.39, 0.29) is 18.2 Å². The lowest BCUT2D eigenvalue weighted by Gasteiger charge is -2.36. The molecule has 0 spiro atoms. The molecule has 1 saturated heterocycles. The number of ether oxygens (including phenoxy) is 1. The first-order chi connectivity index (χ1) is 8.15. The van der Waals surface area contributed by atoms with E-state index in [1.165, 1.54) is 19.3 Å². The molecule has 1 heterocycles. The van der Waals surface area contributed by atoms with Crippen LogP contribution in [0, 0.1) is 0 Å². The van der Waals surface area contributed by atoms with Crippen LogP contribution in [0.5, 0.6) is 0 Å². The van der Waals surface area contributed by atoms with E-state index in [0.717, 1.165) is 12.8 Å². The van der Waals surface area contributed by atoms with E-state index < -0.39 is 0 Å². The summed E-state index contributed by atoms with van der Waals surface area (Å²) in [6.07, 6.45) is 6.40. The molecule has 0 aromatic heterocycles. The van der Waals surface area contributed by atoms with Crippen LogP contribution in [0.25, 0.3) is 0 Å². The van der Waals surface area contributed by atoms with Gasteiger partial charge in [0.2, 0.25) is 0 Å². The van der Waals surface area contributed by atoms with E-state index in [2.05, 4.69) is 5.32 Å². The first-order valence-corrected chi connectivity index (χ1v) is 6.86. The van der Waals surface area contributed by atoms with E-state index in [0.29, 0.717) is 19.1 Å². The number of urea groups is 1. The molecule has 2 rings (SSSR count). The molecule has 0 aromatic rings. The zero-order valence-corrected chi connectivity index (χ0v) is 10.9. The Morgan fingerprint density at radius 1 is 1.12 bits per heavy atom. The van der Waals surface area contributed by atoms with Crippen LogP contribution in [0.1, 0.15) is 46.0 Å². The number of nitrogens with zero attached hydrogens (tertiary/aromatic N) is 1. The standard InChI is InChI=1S/C13H24N2O2/c1-10-8-15(9-11(2)17-10)13(16)14-12-6-4-3-5-7-12/h10-12H,3-9H2,1-2H3,(H,14,16)/t10-,11+. The molecule has 98 valence electrons. The van der Waals surface area contributed by atoms with Crippen LogP contribution < -0.4 is 5.32 Å². The molecule has 1 saturated carbocycles. The van der Waals surface area contributed by atoms with Gasteiger partial charge in [-0.15, -0.1) is 0 Å². The molecular weight excluding hydrogens is 216 g/mol. The Kier molecular flexibility index (Phi) is 4.26. The highest BCUT2D eigenvalue weighted by Crippen LogP contribution is 2.18. The van der Waals surface area contributed by atoms with Crippen molar-refractivity contribution in [2.75, 3.05) is 13.1 Å². The normalized spacial score (nSPS) is 31.3. The number of hydrogen-bond acceptors (Lipinski definition) is 2. The summed E-state index contributed by atoms with van der Waals surface area (Å²) >= 11 is 0. The van der Waals surface area contributed by atoms with Crippen molar-refractivity contribution in [1.82, 2.24) is 10.2 Å². The maximum absolute atomic E-state index is 12.1. The minimum Gasteiger partial charge on any atom is -0.372 e. The van der Waals surface area contributed by atoms with Gasteiger partial charge >= 0.3 is 6.03 Å². The highest BCUT2D eigenvalue weighted by molar-refractivity contribution is 5.74. The number of nitrogens with one attached hydrogen (secondary N) is 1. The van der Waals surface area contributed by atoms with Crippen molar-refractivity contribution < 1.29 is 9.53 Å². The van der Waals surface area contributed by atoms with Crippen LogP contribution in [-0.2, 0) is 4.74 Å². The largest absolute Gasteiger partial charge is 0.372 e. The van der Waals surface area contributed by atoms with Gasteiger partial charge < -0.3 is 15.0 Å². The molecule has 0 unspecified atom stereocenters. The molecule has 2 atom stereocenters. The van der Waals surface area contributed by atoms with E-state index in [1.54, 1.807) is 0 Å². The van der Waals surface area contributed by atoms with Gasteiger partial charge in [0.25, 0.3) is 0 Å². The van der Waals surface area contributed by atoms with Gasteiger partial charge in [-0.25, -0.2) is 4.79 Å². The Morgan fingerprint density at radius 2 is 1.71 bits per heavy atom. The predicted molar refractivity (Wildman–Crippen MR) is 67.0 cm³/mol. The third-order valence-electron chi connectivity index (χ3n) is 3.64. The third kappa shape index (κ3) is 3.60. The van der Waals surface area contributed by atoms with Crippen LogP contribution >= 0.6 is 0 Å². The van der Waals surface area contributed by atoms with Crippen molar-refractivity contribution >= 4 is 6.03 Å². The lowest BCUT2D eigenvalue weighted by molar-refractivity contribution is -0.0548. The molecule has 0 bridgehead atoms. The van der Waals surface area contributed by atoms with Gasteiger partial charge in [0.05, 0.1) is 12.2 Å². The second kappa shape index (κ2) is 5.71. The fourth-order valence-electron chi connectivity index (χ4n) is 2.86. The van der Waals surface area contributed by atoms with Crippen molar-refractivity contribution in [3.63, 3.8) is 0 Å². The summed E-state index contributed by atoms with van der Waals surface area (Å²) < 4.78 is 5.63. The van der Waals surface area contributed by atoms with Crippen molar-refractivity contribution in [1.29, 1.82) is 0 Å². The van der Waals surface area contributed by atoms with Crippen LogP contribution in [0.15, 0.2) is 0 Å². The van der Waals surface area contributed by atoms with Crippen molar-refractivity contribution in [2.45, 2.75) is 64.2 Å². The second-order valence-electron chi connectivity index (χ2n) is 5.45. The van der Waals surface area contributed by atoms with E-state index >= 15 is 0 Å². The molecule has 2 aliphatic rings. The topological polar surface area (TPSA) is 41.6 Å². The van der Waals surface area contributed by atoms with Crippen LogP contribution in [0.4, 0.5) is 4.79 Å². The Morgan fingerprint density at radius 3 is 2.29 bits per heavy atom. The van der Waals surface area contributed by atoms with Gasteiger partial charge in [-0.05, 0) is 26.7 Å². The summed E-state index contributed by atoms with van der Waals surface area (Å²) in [6, 6.07) is 0.489. The minimum absolute atomic E-state index is 0.0962. The highest BCUT2D eigenvalue weighted by Gasteiger charge is 2.27. The first-order valence-electron chi connectivity index (χ1n) is 6.86. The SMILES string of the molecule is C[C@@H]1CN(C(=O)NC2CCCCC2)C[C@H](C)O1. The predicted octanol–water partition coefficient (Wildman–Crippen LogP) is 2.14. The number of morpholine rings is 1. The molecule has 2 fully saturated rings. The summed E-state index contributed by atoms with van der Waals surface area (Å²) in [7, 11) is 0. The summed E-state index contributed by atoms with van der Waals surface area (Å²) in [6.45, 7) is 5.47. The Labute approximate surface area is 104 Å². The molecule has 1 aliphatic carbocycles. The molecule has 17 heavy (non-hydrogen) atoms. The highest BCUT2D eigenvalue weighted by atomic mass is 16.5. The van der Waals surface area contributed by atoms with Gasteiger partial charge in [0.1, 0.15) is 0 Å². The van der Waals surface area contributed by atoms with E-state index in [9.17, 15) is 4.79 Å². The molecule has 4 nitrogen and oxygen atoms in total. The zero-order chi connectivity index (χ0) is 12.3. The number of carbonyl (C=O) groups is 1. The number of amides is 2. The lowest BCUT2D eigenvalue weighted by Crippen LogP contribution is -2.53. The molecule has 1 N–H and O–H groups in total. The van der Waals surface area contributed by atoms with Gasteiger partial charge in [-0.1, -0.05) is 19.3 Å². The van der Waals surface area contributed by atoms with Crippen molar-refractivity contribution in [2.24, 2.45) is 0 Å². The van der Waals surface area contributed by atoms with Crippen LogP contribution in [0.3, 0.4) is 0 Å². The summed E-state index contributed by atoms with van der Waals surface area (Å²) in [4.78, 5) is 14.0. The average Bonchev–Trinajstić information content (AvgIpc) is 2.29. The maximum Gasteiger partial charge on any atom is 0.317 e.